The number of hydrogen-bond acceptors (Lipinski definition) is 3. The largest absolute Gasteiger partial charge is 0.421 e. The average molecular weight is 377 g/mol. The molecule has 2 aromatic carbocycles. The second-order valence-corrected chi connectivity index (χ2v) is 6.12. The number of aryl methyl sites for hydroxylation is 1. The highest BCUT2D eigenvalue weighted by atomic mass is 79.9. The molecule has 1 heterocycles. The number of ether oxygens (including phenoxy) is 1. The van der Waals surface area contributed by atoms with Crippen molar-refractivity contribution < 1.29 is 9.53 Å². The van der Waals surface area contributed by atoms with E-state index in [0.29, 0.717) is 21.9 Å². The second-order valence-electron chi connectivity index (χ2n) is 4.79. The van der Waals surface area contributed by atoms with Crippen LogP contribution in [-0.2, 0) is 0 Å². The number of benzene rings is 2. The van der Waals surface area contributed by atoms with Gasteiger partial charge in [0.1, 0.15) is 5.52 Å². The van der Waals surface area contributed by atoms with Gasteiger partial charge in [0, 0.05) is 15.6 Å². The number of esters is 1. The van der Waals surface area contributed by atoms with Crippen LogP contribution in [0.5, 0.6) is 5.75 Å². The summed E-state index contributed by atoms with van der Waals surface area (Å²) in [7, 11) is 0. The maximum absolute atomic E-state index is 12.4. The van der Waals surface area contributed by atoms with Crippen molar-refractivity contribution in [3.63, 3.8) is 0 Å². The molecule has 5 heteroatoms. The normalized spacial score (nSPS) is 10.7. The minimum atomic E-state index is -0.512. The summed E-state index contributed by atoms with van der Waals surface area (Å²) in [5, 5.41) is 1.26. The third kappa shape index (κ3) is 2.98. The molecule has 0 saturated heterocycles. The van der Waals surface area contributed by atoms with Gasteiger partial charge in [-0.25, -0.2) is 9.78 Å². The van der Waals surface area contributed by atoms with Gasteiger partial charge in [-0.3, -0.25) is 0 Å². The van der Waals surface area contributed by atoms with Gasteiger partial charge in [-0.05, 0) is 37.3 Å². The van der Waals surface area contributed by atoms with Crippen LogP contribution in [0.15, 0.2) is 53.0 Å². The monoisotopic (exact) mass is 375 g/mol. The average Bonchev–Trinajstić information content (AvgIpc) is 2.50. The van der Waals surface area contributed by atoms with Gasteiger partial charge < -0.3 is 4.74 Å². The summed E-state index contributed by atoms with van der Waals surface area (Å²) in [6.07, 6.45) is 0. The summed E-state index contributed by atoms with van der Waals surface area (Å²) in [4.78, 5) is 16.8. The molecule has 0 aliphatic rings. The number of pyridine rings is 1. The summed E-state index contributed by atoms with van der Waals surface area (Å²) in [6.45, 7) is 1.89. The molecule has 22 heavy (non-hydrogen) atoms. The van der Waals surface area contributed by atoms with Crippen molar-refractivity contribution in [2.24, 2.45) is 0 Å². The quantitative estimate of drug-likeness (QED) is 0.457. The Kier molecular flexibility index (Phi) is 4.14. The highest BCUT2D eigenvalue weighted by Gasteiger charge is 2.15. The lowest BCUT2D eigenvalue weighted by molar-refractivity contribution is 0.0737. The zero-order valence-electron chi connectivity index (χ0n) is 11.6. The van der Waals surface area contributed by atoms with Crippen molar-refractivity contribution in [3.05, 3.63) is 69.3 Å². The van der Waals surface area contributed by atoms with E-state index in [1.807, 2.05) is 31.2 Å². The van der Waals surface area contributed by atoms with E-state index in [1.54, 1.807) is 24.3 Å². The summed E-state index contributed by atoms with van der Waals surface area (Å²) >= 11 is 9.38. The molecule has 0 saturated carbocycles. The molecule has 0 fully saturated rings. The number of hydrogen-bond donors (Lipinski definition) is 0. The number of aromatic nitrogens is 1. The smallest absolute Gasteiger partial charge is 0.345 e. The first-order chi connectivity index (χ1) is 10.5. The summed E-state index contributed by atoms with van der Waals surface area (Å²) in [5.41, 5.74) is 1.82. The van der Waals surface area contributed by atoms with E-state index in [9.17, 15) is 4.79 Å². The van der Waals surface area contributed by atoms with Crippen LogP contribution < -0.4 is 4.74 Å². The highest BCUT2D eigenvalue weighted by Crippen LogP contribution is 2.27. The van der Waals surface area contributed by atoms with E-state index < -0.39 is 5.97 Å². The lowest BCUT2D eigenvalue weighted by Crippen LogP contribution is -2.09. The number of rotatable bonds is 2. The van der Waals surface area contributed by atoms with Gasteiger partial charge in [0.05, 0.1) is 10.6 Å². The van der Waals surface area contributed by atoms with Gasteiger partial charge in [-0.2, -0.15) is 0 Å². The Bertz CT molecular complexity index is 880. The SMILES string of the molecule is Cc1ccc2cccc(OC(=O)c3cc(Br)ccc3Cl)c2n1. The van der Waals surface area contributed by atoms with Crippen molar-refractivity contribution in [1.82, 2.24) is 4.98 Å². The first kappa shape index (κ1) is 15.0. The van der Waals surface area contributed by atoms with E-state index in [0.717, 1.165) is 15.6 Å². The molecule has 3 rings (SSSR count). The van der Waals surface area contributed by atoms with Crippen LogP contribution in [-0.4, -0.2) is 11.0 Å². The van der Waals surface area contributed by atoms with E-state index >= 15 is 0 Å². The van der Waals surface area contributed by atoms with Crippen molar-refractivity contribution in [1.29, 1.82) is 0 Å². The molecule has 0 N–H and O–H groups in total. The Labute approximate surface area is 141 Å². The van der Waals surface area contributed by atoms with Crippen LogP contribution in [0.1, 0.15) is 16.1 Å². The van der Waals surface area contributed by atoms with E-state index in [1.165, 1.54) is 0 Å². The fourth-order valence-corrected chi connectivity index (χ4v) is 2.66. The molecule has 0 atom stereocenters. The minimum absolute atomic E-state index is 0.306. The molecule has 110 valence electrons. The molecule has 0 amide bonds. The van der Waals surface area contributed by atoms with Crippen LogP contribution >= 0.6 is 27.5 Å². The Morgan fingerprint density at radius 2 is 2.00 bits per heavy atom. The van der Waals surface area contributed by atoms with Crippen molar-refractivity contribution in [2.75, 3.05) is 0 Å². The van der Waals surface area contributed by atoms with Gasteiger partial charge in [0.15, 0.2) is 5.75 Å². The van der Waals surface area contributed by atoms with Crippen molar-refractivity contribution in [2.45, 2.75) is 6.92 Å². The number of halogens is 2. The zero-order valence-corrected chi connectivity index (χ0v) is 14.0. The van der Waals surface area contributed by atoms with Crippen LogP contribution in [0, 0.1) is 6.92 Å². The van der Waals surface area contributed by atoms with Crippen LogP contribution in [0.2, 0.25) is 5.02 Å². The highest BCUT2D eigenvalue weighted by molar-refractivity contribution is 9.10. The van der Waals surface area contributed by atoms with Crippen LogP contribution in [0.4, 0.5) is 0 Å². The predicted molar refractivity (Wildman–Crippen MR) is 90.6 cm³/mol. The maximum Gasteiger partial charge on any atom is 0.345 e. The van der Waals surface area contributed by atoms with Gasteiger partial charge in [0.2, 0.25) is 0 Å². The Balaban J connectivity index is 2.01. The first-order valence-corrected chi connectivity index (χ1v) is 7.75. The van der Waals surface area contributed by atoms with Gasteiger partial charge in [-0.1, -0.05) is 45.7 Å². The van der Waals surface area contributed by atoms with Crippen molar-refractivity contribution >= 4 is 44.4 Å². The standard InChI is InChI=1S/C17H11BrClNO2/c1-10-5-6-11-3-2-4-15(16(11)20-10)22-17(21)13-9-12(18)7-8-14(13)19/h2-9H,1H3. The third-order valence-corrected chi connectivity index (χ3v) is 4.00. The van der Waals surface area contributed by atoms with E-state index in [2.05, 4.69) is 20.9 Å². The number of para-hydroxylation sites is 1. The number of carbonyl (C=O) groups is 1. The fraction of sp³-hybridized carbons (Fsp3) is 0.0588. The third-order valence-electron chi connectivity index (χ3n) is 3.17. The molecule has 0 spiro atoms. The molecule has 0 aliphatic heterocycles. The Morgan fingerprint density at radius 3 is 2.82 bits per heavy atom. The topological polar surface area (TPSA) is 39.2 Å². The Morgan fingerprint density at radius 1 is 1.18 bits per heavy atom. The lowest BCUT2D eigenvalue weighted by Gasteiger charge is -2.09. The van der Waals surface area contributed by atoms with Gasteiger partial charge >= 0.3 is 5.97 Å². The summed E-state index contributed by atoms with van der Waals surface area (Å²) in [5.74, 6) is -0.0932. The Hall–Kier alpha value is -1.91. The molecule has 3 nitrogen and oxygen atoms in total. The number of fused-ring (bicyclic) bond motifs is 1. The minimum Gasteiger partial charge on any atom is -0.421 e. The number of carbonyl (C=O) groups excluding carboxylic acids is 1. The molecule has 0 unspecified atom stereocenters. The molecular weight excluding hydrogens is 366 g/mol. The predicted octanol–water partition coefficient (Wildman–Crippen LogP) is 5.18. The molecule has 0 aliphatic carbocycles. The fourth-order valence-electron chi connectivity index (χ4n) is 2.11. The molecule has 3 aromatic rings. The summed E-state index contributed by atoms with van der Waals surface area (Å²) < 4.78 is 6.26. The van der Waals surface area contributed by atoms with Crippen LogP contribution in [0.3, 0.4) is 0 Å². The zero-order chi connectivity index (χ0) is 15.7. The second kappa shape index (κ2) is 6.07. The first-order valence-electron chi connectivity index (χ1n) is 6.58. The lowest BCUT2D eigenvalue weighted by atomic mass is 10.2. The number of nitrogens with zero attached hydrogens (tertiary/aromatic N) is 1. The van der Waals surface area contributed by atoms with Gasteiger partial charge in [0.25, 0.3) is 0 Å². The van der Waals surface area contributed by atoms with E-state index in [4.69, 9.17) is 16.3 Å². The van der Waals surface area contributed by atoms with Crippen LogP contribution in [0.25, 0.3) is 10.9 Å². The molecule has 1 aromatic heterocycles. The van der Waals surface area contributed by atoms with Gasteiger partial charge in [-0.15, -0.1) is 0 Å². The summed E-state index contributed by atoms with van der Waals surface area (Å²) in [6, 6.07) is 14.4. The molecule has 0 bridgehead atoms. The van der Waals surface area contributed by atoms with Crippen molar-refractivity contribution in [3.8, 4) is 5.75 Å². The molecular formula is C17H11BrClNO2. The van der Waals surface area contributed by atoms with E-state index in [-0.39, 0.29) is 0 Å². The molecule has 0 radical (unpaired) electrons. The maximum atomic E-state index is 12.4.